The van der Waals surface area contributed by atoms with Crippen LogP contribution in [0.4, 0.5) is 4.39 Å². The molecule has 98 valence electrons. The van der Waals surface area contributed by atoms with Crippen molar-refractivity contribution in [1.82, 2.24) is 9.55 Å². The Kier molecular flexibility index (Phi) is 2.81. The molecule has 0 spiro atoms. The third-order valence-electron chi connectivity index (χ3n) is 3.50. The molecule has 0 saturated carbocycles. The highest BCUT2D eigenvalue weighted by atomic mass is 19.1. The van der Waals surface area contributed by atoms with E-state index in [-0.39, 0.29) is 5.82 Å². The van der Waals surface area contributed by atoms with Crippen LogP contribution in [0.15, 0.2) is 30.5 Å². The summed E-state index contributed by atoms with van der Waals surface area (Å²) in [6.07, 6.45) is 3.02. The summed E-state index contributed by atoms with van der Waals surface area (Å²) in [5, 5.41) is 9.21. The Labute approximate surface area is 109 Å². The van der Waals surface area contributed by atoms with Gasteiger partial charge in [-0.15, -0.1) is 0 Å². The molecule has 1 aliphatic heterocycles. The Morgan fingerprint density at radius 1 is 1.47 bits per heavy atom. The van der Waals surface area contributed by atoms with Gasteiger partial charge in [-0.1, -0.05) is 12.1 Å². The second-order valence-electron chi connectivity index (χ2n) is 4.70. The number of imidazole rings is 1. The van der Waals surface area contributed by atoms with Gasteiger partial charge in [-0.3, -0.25) is 4.79 Å². The number of aliphatic carboxylic acids is 1. The first-order valence-corrected chi connectivity index (χ1v) is 6.21. The first-order chi connectivity index (χ1) is 9.16. The van der Waals surface area contributed by atoms with Crippen molar-refractivity contribution in [3.63, 3.8) is 0 Å². The molecule has 0 amide bonds. The monoisotopic (exact) mass is 260 g/mol. The fraction of sp³-hybridized carbons (Fsp3) is 0.286. The summed E-state index contributed by atoms with van der Waals surface area (Å²) < 4.78 is 15.2. The van der Waals surface area contributed by atoms with E-state index in [0.29, 0.717) is 23.5 Å². The highest BCUT2D eigenvalue weighted by molar-refractivity contribution is 5.76. The minimum Gasteiger partial charge on any atom is -0.481 e. The molecule has 2 aromatic rings. The van der Waals surface area contributed by atoms with Crippen LogP contribution in [0.3, 0.4) is 0 Å². The van der Waals surface area contributed by atoms with Crippen molar-refractivity contribution in [3.8, 4) is 11.4 Å². The van der Waals surface area contributed by atoms with E-state index in [2.05, 4.69) is 4.98 Å². The number of aromatic nitrogens is 2. The maximum absolute atomic E-state index is 13.3. The highest BCUT2D eigenvalue weighted by Gasteiger charge is 2.28. The predicted octanol–water partition coefficient (Wildman–Crippen LogP) is 2.65. The van der Waals surface area contributed by atoms with E-state index in [1.807, 2.05) is 4.57 Å². The Balaban J connectivity index is 2.08. The molecule has 1 N–H and O–H groups in total. The van der Waals surface area contributed by atoms with Gasteiger partial charge in [0, 0.05) is 18.3 Å². The molecular weight excluding hydrogens is 247 g/mol. The van der Waals surface area contributed by atoms with E-state index < -0.39 is 11.9 Å². The summed E-state index contributed by atoms with van der Waals surface area (Å²) in [5.41, 5.74) is 1.38. The standard InChI is InChI=1S/C14H13FN2O2/c15-10-4-1-3-9(7-10)13-16-8-12-11(14(18)19)5-2-6-17(12)13/h1,3-4,7-8,11H,2,5-6H2,(H,18,19). The third-order valence-corrected chi connectivity index (χ3v) is 3.50. The number of carboxylic acid groups (broad SMARTS) is 1. The highest BCUT2D eigenvalue weighted by Crippen LogP contribution is 2.32. The van der Waals surface area contributed by atoms with E-state index in [0.717, 1.165) is 13.0 Å². The van der Waals surface area contributed by atoms with E-state index in [4.69, 9.17) is 0 Å². The Morgan fingerprint density at radius 3 is 3.05 bits per heavy atom. The Morgan fingerprint density at radius 2 is 2.32 bits per heavy atom. The topological polar surface area (TPSA) is 55.1 Å². The molecule has 0 aliphatic carbocycles. The van der Waals surface area contributed by atoms with Crippen molar-refractivity contribution < 1.29 is 14.3 Å². The summed E-state index contributed by atoms with van der Waals surface area (Å²) in [4.78, 5) is 15.5. The lowest BCUT2D eigenvalue weighted by Crippen LogP contribution is -2.21. The predicted molar refractivity (Wildman–Crippen MR) is 67.2 cm³/mol. The Hall–Kier alpha value is -2.17. The van der Waals surface area contributed by atoms with E-state index in [1.54, 1.807) is 18.3 Å². The second kappa shape index (κ2) is 4.50. The molecule has 5 heteroatoms. The third kappa shape index (κ3) is 2.01. The van der Waals surface area contributed by atoms with E-state index in [9.17, 15) is 14.3 Å². The number of halogens is 1. The lowest BCUT2D eigenvalue weighted by Gasteiger charge is -2.22. The van der Waals surface area contributed by atoms with Crippen LogP contribution in [-0.4, -0.2) is 20.6 Å². The molecular formula is C14H13FN2O2. The maximum Gasteiger partial charge on any atom is 0.312 e. The molecule has 1 aliphatic rings. The van der Waals surface area contributed by atoms with Gasteiger partial charge in [-0.2, -0.15) is 0 Å². The quantitative estimate of drug-likeness (QED) is 0.903. The zero-order valence-corrected chi connectivity index (χ0v) is 10.2. The number of benzene rings is 1. The summed E-state index contributed by atoms with van der Waals surface area (Å²) in [7, 11) is 0. The van der Waals surface area contributed by atoms with Gasteiger partial charge in [0.25, 0.3) is 0 Å². The van der Waals surface area contributed by atoms with Crippen molar-refractivity contribution in [2.75, 3.05) is 0 Å². The summed E-state index contributed by atoms with van der Waals surface area (Å²) in [6.45, 7) is 0.727. The normalized spacial score (nSPS) is 18.1. The average Bonchev–Trinajstić information content (AvgIpc) is 2.82. The van der Waals surface area contributed by atoms with Gasteiger partial charge in [0.2, 0.25) is 0 Å². The fourth-order valence-electron chi connectivity index (χ4n) is 2.61. The van der Waals surface area contributed by atoms with E-state index in [1.165, 1.54) is 12.1 Å². The smallest absolute Gasteiger partial charge is 0.312 e. The van der Waals surface area contributed by atoms with Crippen LogP contribution in [0.25, 0.3) is 11.4 Å². The molecule has 19 heavy (non-hydrogen) atoms. The number of carbonyl (C=O) groups is 1. The lowest BCUT2D eigenvalue weighted by molar-refractivity contribution is -0.139. The van der Waals surface area contributed by atoms with Gasteiger partial charge < -0.3 is 9.67 Å². The van der Waals surface area contributed by atoms with Crippen molar-refractivity contribution in [2.45, 2.75) is 25.3 Å². The molecule has 1 atom stereocenters. The molecule has 3 rings (SSSR count). The molecule has 1 unspecified atom stereocenters. The molecule has 0 fully saturated rings. The van der Waals surface area contributed by atoms with Crippen LogP contribution in [0.2, 0.25) is 0 Å². The number of hydrogen-bond donors (Lipinski definition) is 1. The second-order valence-corrected chi connectivity index (χ2v) is 4.70. The van der Waals surface area contributed by atoms with Gasteiger partial charge in [-0.05, 0) is 25.0 Å². The minimum atomic E-state index is -0.827. The number of hydrogen-bond acceptors (Lipinski definition) is 2. The van der Waals surface area contributed by atoms with Crippen molar-refractivity contribution in [2.24, 2.45) is 0 Å². The van der Waals surface area contributed by atoms with E-state index >= 15 is 0 Å². The minimum absolute atomic E-state index is 0.319. The van der Waals surface area contributed by atoms with Crippen molar-refractivity contribution in [1.29, 1.82) is 0 Å². The van der Waals surface area contributed by atoms with Gasteiger partial charge in [0.1, 0.15) is 11.6 Å². The zero-order valence-electron chi connectivity index (χ0n) is 10.2. The zero-order chi connectivity index (χ0) is 13.4. The number of rotatable bonds is 2. The van der Waals surface area contributed by atoms with Crippen LogP contribution in [-0.2, 0) is 11.3 Å². The van der Waals surface area contributed by atoms with Gasteiger partial charge in [0.15, 0.2) is 0 Å². The number of carboxylic acids is 1. The number of fused-ring (bicyclic) bond motifs is 1. The first-order valence-electron chi connectivity index (χ1n) is 6.21. The molecule has 0 bridgehead atoms. The first kappa shape index (κ1) is 11.9. The SMILES string of the molecule is O=C(O)C1CCCn2c1cnc2-c1cccc(F)c1. The van der Waals surface area contributed by atoms with Crippen molar-refractivity contribution >= 4 is 5.97 Å². The maximum atomic E-state index is 13.3. The molecule has 1 aromatic heterocycles. The summed E-state index contributed by atoms with van der Waals surface area (Å²) in [6, 6.07) is 6.20. The Bertz CT molecular complexity index is 636. The van der Waals surface area contributed by atoms with Gasteiger partial charge in [-0.25, -0.2) is 9.37 Å². The molecule has 1 aromatic carbocycles. The van der Waals surface area contributed by atoms with Crippen LogP contribution >= 0.6 is 0 Å². The lowest BCUT2D eigenvalue weighted by atomic mass is 9.96. The molecule has 2 heterocycles. The average molecular weight is 260 g/mol. The molecule has 4 nitrogen and oxygen atoms in total. The van der Waals surface area contributed by atoms with Crippen LogP contribution < -0.4 is 0 Å². The number of nitrogens with zero attached hydrogens (tertiary/aromatic N) is 2. The van der Waals surface area contributed by atoms with Gasteiger partial charge >= 0.3 is 5.97 Å². The molecule has 0 saturated heterocycles. The van der Waals surface area contributed by atoms with Crippen LogP contribution in [0.1, 0.15) is 24.5 Å². The van der Waals surface area contributed by atoms with Crippen LogP contribution in [0, 0.1) is 5.82 Å². The van der Waals surface area contributed by atoms with Gasteiger partial charge in [0.05, 0.1) is 11.6 Å². The molecule has 0 radical (unpaired) electrons. The largest absolute Gasteiger partial charge is 0.481 e. The fourth-order valence-corrected chi connectivity index (χ4v) is 2.61. The summed E-state index contributed by atoms with van der Waals surface area (Å²) in [5.74, 6) is -1.02. The van der Waals surface area contributed by atoms with Crippen molar-refractivity contribution in [3.05, 3.63) is 42.0 Å². The summed E-state index contributed by atoms with van der Waals surface area (Å²) >= 11 is 0. The van der Waals surface area contributed by atoms with Crippen LogP contribution in [0.5, 0.6) is 0 Å².